The van der Waals surface area contributed by atoms with Gasteiger partial charge in [0.05, 0.1) is 24.1 Å². The Balaban J connectivity index is 1.66. The number of hydrogen-bond acceptors (Lipinski definition) is 6. The van der Waals surface area contributed by atoms with Crippen LogP contribution in [-0.2, 0) is 9.47 Å². The maximum absolute atomic E-state index is 12.7. The molecule has 0 atom stereocenters. The lowest BCUT2D eigenvalue weighted by molar-refractivity contribution is 0.0387. The number of anilines is 1. The van der Waals surface area contributed by atoms with E-state index in [1.807, 2.05) is 31.2 Å². The van der Waals surface area contributed by atoms with Crippen molar-refractivity contribution in [3.05, 3.63) is 70.7 Å². The van der Waals surface area contributed by atoms with Crippen LogP contribution in [0.25, 0.3) is 0 Å². The van der Waals surface area contributed by atoms with Crippen molar-refractivity contribution in [1.29, 1.82) is 0 Å². The van der Waals surface area contributed by atoms with Crippen LogP contribution in [0.4, 0.5) is 5.69 Å². The summed E-state index contributed by atoms with van der Waals surface area (Å²) < 4.78 is 15.7. The summed E-state index contributed by atoms with van der Waals surface area (Å²) in [5, 5.41) is 2.77. The van der Waals surface area contributed by atoms with E-state index in [2.05, 4.69) is 15.3 Å². The van der Waals surface area contributed by atoms with E-state index in [0.29, 0.717) is 40.7 Å². The molecule has 0 fully saturated rings. The van der Waals surface area contributed by atoms with Crippen molar-refractivity contribution >= 4 is 17.6 Å². The number of aromatic amines is 1. The second kappa shape index (κ2) is 9.90. The van der Waals surface area contributed by atoms with Crippen LogP contribution >= 0.6 is 0 Å². The molecule has 0 bridgehead atoms. The highest BCUT2D eigenvalue weighted by Crippen LogP contribution is 2.23. The van der Waals surface area contributed by atoms with Gasteiger partial charge < -0.3 is 24.5 Å². The summed E-state index contributed by atoms with van der Waals surface area (Å²) in [6.07, 6.45) is 1.51. The number of H-pyrrole nitrogens is 1. The van der Waals surface area contributed by atoms with E-state index in [1.165, 1.54) is 13.3 Å². The predicted molar refractivity (Wildman–Crippen MR) is 116 cm³/mol. The average Bonchev–Trinajstić information content (AvgIpc) is 3.05. The summed E-state index contributed by atoms with van der Waals surface area (Å²) in [6.45, 7) is 5.86. The van der Waals surface area contributed by atoms with Crippen molar-refractivity contribution in [2.45, 2.75) is 20.8 Å². The lowest BCUT2D eigenvalue weighted by Crippen LogP contribution is -2.15. The number of aryl methyl sites for hydroxylation is 2. The van der Waals surface area contributed by atoms with Gasteiger partial charge in [-0.15, -0.1) is 0 Å². The molecule has 0 saturated heterocycles. The van der Waals surface area contributed by atoms with E-state index < -0.39 is 5.97 Å². The molecule has 0 spiro atoms. The van der Waals surface area contributed by atoms with Gasteiger partial charge in [-0.25, -0.2) is 9.78 Å². The van der Waals surface area contributed by atoms with E-state index in [9.17, 15) is 9.59 Å². The molecule has 0 radical (unpaired) electrons. The van der Waals surface area contributed by atoms with Gasteiger partial charge in [0, 0.05) is 18.9 Å². The zero-order valence-electron chi connectivity index (χ0n) is 17.9. The number of benzene rings is 1. The second-order valence-corrected chi connectivity index (χ2v) is 7.01. The number of amides is 1. The third kappa shape index (κ3) is 5.49. The first kappa shape index (κ1) is 22.0. The van der Waals surface area contributed by atoms with E-state index >= 15 is 0 Å². The standard InChI is InChI=1S/C23H25N3O5/c1-14-5-8-18(9-6-14)31-19-10-7-17(13-24-19)26-22(27)21-15(2)20(16(3)25-21)23(28)30-12-11-29-4/h5-10,13,25H,11-12H2,1-4H3,(H,26,27). The number of nitrogens with one attached hydrogen (secondary N) is 2. The van der Waals surface area contributed by atoms with Crippen LogP contribution in [0.5, 0.6) is 11.6 Å². The van der Waals surface area contributed by atoms with E-state index in [4.69, 9.17) is 14.2 Å². The first-order valence-corrected chi connectivity index (χ1v) is 9.76. The Morgan fingerprint density at radius 2 is 1.77 bits per heavy atom. The Kier molecular flexibility index (Phi) is 7.04. The summed E-state index contributed by atoms with van der Waals surface area (Å²) in [7, 11) is 1.53. The molecule has 0 aliphatic rings. The van der Waals surface area contributed by atoms with Crippen LogP contribution < -0.4 is 10.1 Å². The minimum atomic E-state index is -0.498. The van der Waals surface area contributed by atoms with Gasteiger partial charge in [0.25, 0.3) is 5.91 Å². The van der Waals surface area contributed by atoms with E-state index in [-0.39, 0.29) is 18.2 Å². The normalized spacial score (nSPS) is 10.6. The number of rotatable bonds is 8. The monoisotopic (exact) mass is 423 g/mol. The fourth-order valence-corrected chi connectivity index (χ4v) is 3.01. The van der Waals surface area contributed by atoms with Crippen LogP contribution in [0.3, 0.4) is 0 Å². The first-order chi connectivity index (χ1) is 14.9. The van der Waals surface area contributed by atoms with Crippen molar-refractivity contribution in [3.63, 3.8) is 0 Å². The van der Waals surface area contributed by atoms with Crippen molar-refractivity contribution in [2.75, 3.05) is 25.6 Å². The number of ether oxygens (including phenoxy) is 3. The average molecular weight is 423 g/mol. The maximum Gasteiger partial charge on any atom is 0.340 e. The number of hydrogen-bond donors (Lipinski definition) is 2. The zero-order valence-corrected chi connectivity index (χ0v) is 17.9. The summed E-state index contributed by atoms with van der Waals surface area (Å²) >= 11 is 0. The Bertz CT molecular complexity index is 1060. The van der Waals surface area contributed by atoms with E-state index in [1.54, 1.807) is 26.0 Å². The molecule has 0 saturated carbocycles. The quantitative estimate of drug-likeness (QED) is 0.416. The van der Waals surface area contributed by atoms with Gasteiger partial charge in [-0.1, -0.05) is 17.7 Å². The van der Waals surface area contributed by atoms with Crippen molar-refractivity contribution in [1.82, 2.24) is 9.97 Å². The highest BCUT2D eigenvalue weighted by molar-refractivity contribution is 6.06. The van der Waals surface area contributed by atoms with Gasteiger partial charge in [-0.3, -0.25) is 4.79 Å². The lowest BCUT2D eigenvalue weighted by Gasteiger charge is -2.08. The number of carbonyl (C=O) groups excluding carboxylic acids is 2. The molecule has 31 heavy (non-hydrogen) atoms. The van der Waals surface area contributed by atoms with Gasteiger partial charge >= 0.3 is 5.97 Å². The maximum atomic E-state index is 12.7. The second-order valence-electron chi connectivity index (χ2n) is 7.01. The molecule has 2 aromatic heterocycles. The van der Waals surface area contributed by atoms with Crippen LogP contribution in [-0.4, -0.2) is 42.2 Å². The highest BCUT2D eigenvalue weighted by atomic mass is 16.6. The lowest BCUT2D eigenvalue weighted by atomic mass is 10.1. The van der Waals surface area contributed by atoms with Crippen LogP contribution in [0.15, 0.2) is 42.6 Å². The fraction of sp³-hybridized carbons (Fsp3) is 0.261. The molecule has 8 nitrogen and oxygen atoms in total. The third-order valence-electron chi connectivity index (χ3n) is 4.63. The Hall–Kier alpha value is -3.65. The molecule has 162 valence electrons. The van der Waals surface area contributed by atoms with Crippen LogP contribution in [0.2, 0.25) is 0 Å². The third-order valence-corrected chi connectivity index (χ3v) is 4.63. The molecule has 0 aliphatic carbocycles. The minimum absolute atomic E-state index is 0.142. The summed E-state index contributed by atoms with van der Waals surface area (Å²) in [5.41, 5.74) is 3.35. The number of pyridine rings is 1. The molecular formula is C23H25N3O5. The molecule has 8 heteroatoms. The fourth-order valence-electron chi connectivity index (χ4n) is 3.01. The van der Waals surface area contributed by atoms with Gasteiger partial charge in [-0.2, -0.15) is 0 Å². The number of nitrogens with zero attached hydrogens (tertiary/aromatic N) is 1. The smallest absolute Gasteiger partial charge is 0.340 e. The zero-order chi connectivity index (χ0) is 22.4. The molecule has 0 unspecified atom stereocenters. The topological polar surface area (TPSA) is 103 Å². The van der Waals surface area contributed by atoms with Crippen LogP contribution in [0.1, 0.15) is 37.7 Å². The largest absolute Gasteiger partial charge is 0.460 e. The molecular weight excluding hydrogens is 398 g/mol. The summed E-state index contributed by atoms with van der Waals surface area (Å²) in [4.78, 5) is 32.2. The number of esters is 1. The molecule has 3 aromatic rings. The van der Waals surface area contributed by atoms with Gasteiger partial charge in [0.15, 0.2) is 0 Å². The van der Waals surface area contributed by atoms with Gasteiger partial charge in [0.2, 0.25) is 5.88 Å². The van der Waals surface area contributed by atoms with Crippen molar-refractivity contribution < 1.29 is 23.8 Å². The van der Waals surface area contributed by atoms with E-state index in [0.717, 1.165) is 5.56 Å². The molecule has 2 heterocycles. The van der Waals surface area contributed by atoms with Gasteiger partial charge in [-0.05, 0) is 44.5 Å². The molecule has 1 aromatic carbocycles. The Morgan fingerprint density at radius 3 is 2.42 bits per heavy atom. The van der Waals surface area contributed by atoms with Crippen molar-refractivity contribution in [2.24, 2.45) is 0 Å². The SMILES string of the molecule is COCCOC(=O)c1c(C)[nH]c(C(=O)Nc2ccc(Oc3ccc(C)cc3)nc2)c1C. The highest BCUT2D eigenvalue weighted by Gasteiger charge is 2.23. The van der Waals surface area contributed by atoms with Crippen LogP contribution in [0, 0.1) is 20.8 Å². The Labute approximate surface area is 180 Å². The number of carbonyl (C=O) groups is 2. The molecule has 3 rings (SSSR count). The van der Waals surface area contributed by atoms with Gasteiger partial charge in [0.1, 0.15) is 18.1 Å². The summed E-state index contributed by atoms with van der Waals surface area (Å²) in [5.74, 6) is 0.208. The molecule has 2 N–H and O–H groups in total. The Morgan fingerprint density at radius 1 is 1.03 bits per heavy atom. The predicted octanol–water partition coefficient (Wildman–Crippen LogP) is 4.18. The number of aromatic nitrogens is 2. The first-order valence-electron chi connectivity index (χ1n) is 9.76. The van der Waals surface area contributed by atoms with Crippen molar-refractivity contribution in [3.8, 4) is 11.6 Å². The molecule has 1 amide bonds. The minimum Gasteiger partial charge on any atom is -0.460 e. The molecule has 0 aliphatic heterocycles. The number of methoxy groups -OCH3 is 1. The summed E-state index contributed by atoms with van der Waals surface area (Å²) in [6, 6.07) is 11.0.